The minimum absolute atomic E-state index is 0.291. The molecule has 2 atom stereocenters. The summed E-state index contributed by atoms with van der Waals surface area (Å²) in [5.74, 6) is 0.431. The van der Waals surface area contributed by atoms with Crippen LogP contribution in [0.1, 0.15) is 33.6 Å². The van der Waals surface area contributed by atoms with Crippen molar-refractivity contribution in [2.75, 3.05) is 26.2 Å². The van der Waals surface area contributed by atoms with Crippen molar-refractivity contribution < 1.29 is 0 Å². The molecule has 0 amide bonds. The summed E-state index contributed by atoms with van der Waals surface area (Å²) in [5, 5.41) is 12.8. The molecular formula is C12H23N3. The zero-order valence-electron chi connectivity index (χ0n) is 10.2. The molecule has 1 rings (SSSR count). The number of hydrogen-bond acceptors (Lipinski definition) is 3. The average Bonchev–Trinajstić information content (AvgIpc) is 2.55. The van der Waals surface area contributed by atoms with Crippen molar-refractivity contribution in [2.24, 2.45) is 5.92 Å². The van der Waals surface area contributed by atoms with Crippen LogP contribution in [-0.2, 0) is 0 Å². The molecule has 0 radical (unpaired) electrons. The van der Waals surface area contributed by atoms with E-state index in [9.17, 15) is 5.26 Å². The molecule has 0 saturated carbocycles. The second kappa shape index (κ2) is 5.48. The summed E-state index contributed by atoms with van der Waals surface area (Å²) in [5.41, 5.74) is -0.291. The molecule has 2 unspecified atom stereocenters. The molecule has 1 fully saturated rings. The van der Waals surface area contributed by atoms with Gasteiger partial charge in [-0.15, -0.1) is 0 Å². The average molecular weight is 209 g/mol. The molecule has 0 aromatic rings. The van der Waals surface area contributed by atoms with Gasteiger partial charge in [-0.25, -0.2) is 0 Å². The highest BCUT2D eigenvalue weighted by Crippen LogP contribution is 2.27. The molecular weight excluding hydrogens is 186 g/mol. The molecule has 3 nitrogen and oxygen atoms in total. The molecule has 3 heteroatoms. The van der Waals surface area contributed by atoms with E-state index in [1.54, 1.807) is 0 Å². The van der Waals surface area contributed by atoms with Gasteiger partial charge in [0.25, 0.3) is 0 Å². The Balaban J connectivity index is 2.75. The predicted octanol–water partition coefficient (Wildman–Crippen LogP) is 1.61. The predicted molar refractivity (Wildman–Crippen MR) is 62.5 cm³/mol. The lowest BCUT2D eigenvalue weighted by molar-refractivity contribution is 0.107. The monoisotopic (exact) mass is 209 g/mol. The summed E-state index contributed by atoms with van der Waals surface area (Å²) >= 11 is 0. The normalized spacial score (nSPS) is 24.9. The second-order valence-electron chi connectivity index (χ2n) is 4.66. The van der Waals surface area contributed by atoms with Crippen molar-refractivity contribution in [3.05, 3.63) is 0 Å². The lowest BCUT2D eigenvalue weighted by Gasteiger charge is -2.39. The van der Waals surface area contributed by atoms with Gasteiger partial charge in [0, 0.05) is 19.6 Å². The van der Waals surface area contributed by atoms with Gasteiger partial charge in [-0.05, 0) is 25.8 Å². The van der Waals surface area contributed by atoms with Crippen molar-refractivity contribution in [2.45, 2.75) is 39.2 Å². The SMILES string of the molecule is CCC(C)C(C)(C#N)N1CCCNCC1. The summed E-state index contributed by atoms with van der Waals surface area (Å²) in [6, 6.07) is 2.52. The van der Waals surface area contributed by atoms with Crippen LogP contribution in [0.25, 0.3) is 0 Å². The van der Waals surface area contributed by atoms with Crippen LogP contribution >= 0.6 is 0 Å². The Labute approximate surface area is 93.5 Å². The van der Waals surface area contributed by atoms with Gasteiger partial charge in [0.1, 0.15) is 5.54 Å². The maximum Gasteiger partial charge on any atom is 0.109 e. The lowest BCUT2D eigenvalue weighted by Crippen LogP contribution is -2.51. The van der Waals surface area contributed by atoms with Crippen LogP contribution in [0.5, 0.6) is 0 Å². The highest BCUT2D eigenvalue weighted by molar-refractivity contribution is 5.08. The molecule has 86 valence electrons. The van der Waals surface area contributed by atoms with E-state index < -0.39 is 0 Å². The Bertz CT molecular complexity index is 226. The molecule has 1 aliphatic rings. The van der Waals surface area contributed by atoms with Gasteiger partial charge in [0.2, 0.25) is 0 Å². The van der Waals surface area contributed by atoms with Crippen molar-refractivity contribution in [3.8, 4) is 6.07 Å². The van der Waals surface area contributed by atoms with E-state index in [2.05, 4.69) is 37.1 Å². The minimum atomic E-state index is -0.291. The summed E-state index contributed by atoms with van der Waals surface area (Å²) < 4.78 is 0. The minimum Gasteiger partial charge on any atom is -0.315 e. The number of nitriles is 1. The smallest absolute Gasteiger partial charge is 0.109 e. The Kier molecular flexibility index (Phi) is 4.56. The third-order valence-electron chi connectivity index (χ3n) is 3.80. The molecule has 0 aromatic heterocycles. The van der Waals surface area contributed by atoms with Crippen LogP contribution in [0.2, 0.25) is 0 Å². The van der Waals surface area contributed by atoms with E-state index in [0.29, 0.717) is 5.92 Å². The topological polar surface area (TPSA) is 39.1 Å². The molecule has 0 spiro atoms. The van der Waals surface area contributed by atoms with E-state index in [0.717, 1.165) is 39.0 Å². The van der Waals surface area contributed by atoms with E-state index in [1.807, 2.05) is 0 Å². The Morgan fingerprint density at radius 3 is 2.80 bits per heavy atom. The van der Waals surface area contributed by atoms with Gasteiger partial charge >= 0.3 is 0 Å². The number of nitrogens with zero attached hydrogens (tertiary/aromatic N) is 2. The van der Waals surface area contributed by atoms with Crippen LogP contribution in [0.15, 0.2) is 0 Å². The van der Waals surface area contributed by atoms with Crippen molar-refractivity contribution >= 4 is 0 Å². The summed E-state index contributed by atoms with van der Waals surface area (Å²) in [4.78, 5) is 2.35. The van der Waals surface area contributed by atoms with Crippen LogP contribution < -0.4 is 5.32 Å². The van der Waals surface area contributed by atoms with Gasteiger partial charge < -0.3 is 5.32 Å². The van der Waals surface area contributed by atoms with Gasteiger partial charge in [-0.2, -0.15) is 5.26 Å². The van der Waals surface area contributed by atoms with E-state index in [1.165, 1.54) is 0 Å². The summed E-state index contributed by atoms with van der Waals surface area (Å²) in [7, 11) is 0. The molecule has 0 bridgehead atoms. The van der Waals surface area contributed by atoms with Crippen LogP contribution in [0, 0.1) is 17.2 Å². The second-order valence-corrected chi connectivity index (χ2v) is 4.66. The van der Waals surface area contributed by atoms with E-state index in [4.69, 9.17) is 0 Å². The first-order valence-electron chi connectivity index (χ1n) is 6.02. The van der Waals surface area contributed by atoms with E-state index in [-0.39, 0.29) is 5.54 Å². The highest BCUT2D eigenvalue weighted by Gasteiger charge is 2.36. The molecule has 15 heavy (non-hydrogen) atoms. The Hall–Kier alpha value is -0.590. The third-order valence-corrected chi connectivity index (χ3v) is 3.80. The fraction of sp³-hybridized carbons (Fsp3) is 0.917. The number of hydrogen-bond donors (Lipinski definition) is 1. The van der Waals surface area contributed by atoms with Crippen molar-refractivity contribution in [1.29, 1.82) is 5.26 Å². The quantitative estimate of drug-likeness (QED) is 0.767. The third kappa shape index (κ3) is 2.70. The maximum absolute atomic E-state index is 9.42. The van der Waals surface area contributed by atoms with Crippen LogP contribution in [0.3, 0.4) is 0 Å². The Morgan fingerprint density at radius 1 is 1.47 bits per heavy atom. The molecule has 0 aliphatic carbocycles. The summed E-state index contributed by atoms with van der Waals surface area (Å²) in [6.07, 6.45) is 2.21. The van der Waals surface area contributed by atoms with Gasteiger partial charge in [-0.3, -0.25) is 4.90 Å². The van der Waals surface area contributed by atoms with Crippen LogP contribution in [0.4, 0.5) is 0 Å². The zero-order chi connectivity index (χ0) is 11.3. The molecule has 1 heterocycles. The first kappa shape index (κ1) is 12.5. The Morgan fingerprint density at radius 2 is 2.20 bits per heavy atom. The largest absolute Gasteiger partial charge is 0.315 e. The highest BCUT2D eigenvalue weighted by atomic mass is 15.2. The van der Waals surface area contributed by atoms with Crippen molar-refractivity contribution in [3.63, 3.8) is 0 Å². The number of nitrogens with one attached hydrogen (secondary N) is 1. The van der Waals surface area contributed by atoms with E-state index >= 15 is 0 Å². The van der Waals surface area contributed by atoms with Gasteiger partial charge in [0.05, 0.1) is 6.07 Å². The first-order valence-corrected chi connectivity index (χ1v) is 6.02. The lowest BCUT2D eigenvalue weighted by atomic mass is 9.84. The summed E-state index contributed by atoms with van der Waals surface area (Å²) in [6.45, 7) is 10.6. The molecule has 1 N–H and O–H groups in total. The van der Waals surface area contributed by atoms with Crippen molar-refractivity contribution in [1.82, 2.24) is 10.2 Å². The van der Waals surface area contributed by atoms with Crippen LogP contribution in [-0.4, -0.2) is 36.6 Å². The maximum atomic E-state index is 9.42. The fourth-order valence-electron chi connectivity index (χ4n) is 2.20. The molecule has 1 aliphatic heterocycles. The van der Waals surface area contributed by atoms with Gasteiger partial charge in [-0.1, -0.05) is 20.3 Å². The number of rotatable bonds is 3. The fourth-order valence-corrected chi connectivity index (χ4v) is 2.20. The molecule has 0 aromatic carbocycles. The standard InChI is InChI=1S/C12H23N3/c1-4-11(2)12(3,10-13)15-8-5-6-14-7-9-15/h11,14H,4-9H2,1-3H3. The zero-order valence-corrected chi connectivity index (χ0v) is 10.2. The van der Waals surface area contributed by atoms with Gasteiger partial charge in [0.15, 0.2) is 0 Å². The first-order chi connectivity index (χ1) is 7.15. The molecule has 1 saturated heterocycles.